The van der Waals surface area contributed by atoms with Crippen LogP contribution in [0.15, 0.2) is 47.4 Å². The minimum absolute atomic E-state index is 0.117. The lowest BCUT2D eigenvalue weighted by Gasteiger charge is -2.27. The van der Waals surface area contributed by atoms with Crippen LogP contribution in [0.4, 0.5) is 10.6 Å². The number of anilines is 1. The number of rotatable bonds is 11. The highest BCUT2D eigenvalue weighted by atomic mass is 16.7. The lowest BCUT2D eigenvalue weighted by molar-refractivity contribution is -0.119. The number of amides is 2. The summed E-state index contributed by atoms with van der Waals surface area (Å²) in [6, 6.07) is 11.3. The maximum atomic E-state index is 12.7. The van der Waals surface area contributed by atoms with Crippen LogP contribution in [0.3, 0.4) is 0 Å². The molecule has 0 radical (unpaired) electrons. The third kappa shape index (κ3) is 8.93. The average Bonchev–Trinajstić information content (AvgIpc) is 3.34. The number of nitrogens with one attached hydrogen (secondary N) is 1. The van der Waals surface area contributed by atoms with Gasteiger partial charge in [0.05, 0.1) is 13.2 Å². The molecule has 11 heteroatoms. The topological polar surface area (TPSA) is 132 Å². The largest absolute Gasteiger partial charge is 0.444 e. The zero-order valence-corrected chi connectivity index (χ0v) is 22.5. The standard InChI is InChI=1S/C27H38N4O7/c1-19(24(33)28-21-13-15-31(25(34)29-21)22-18-36-23(17-32)37-22)10-8-9-14-30(26(35)38-27(2,3)4)16-20-11-6-5-7-12-20/h5-7,11-13,15,19,22-23,32H,8-10,14,16-18H2,1-4H3,(H,28,29,33,34). The number of carbonyl (C=O) groups is 2. The van der Waals surface area contributed by atoms with Gasteiger partial charge in [-0.1, -0.05) is 43.7 Å². The Morgan fingerprint density at radius 3 is 2.61 bits per heavy atom. The zero-order valence-electron chi connectivity index (χ0n) is 22.5. The summed E-state index contributed by atoms with van der Waals surface area (Å²) in [5, 5.41) is 11.8. The molecule has 11 nitrogen and oxygen atoms in total. The monoisotopic (exact) mass is 530 g/mol. The number of aliphatic hydroxyl groups excluding tert-OH is 1. The molecule has 1 aliphatic heterocycles. The number of aliphatic hydroxyl groups is 1. The van der Waals surface area contributed by atoms with Gasteiger partial charge in [0.15, 0.2) is 12.5 Å². The first-order chi connectivity index (χ1) is 18.1. The van der Waals surface area contributed by atoms with Gasteiger partial charge in [0.1, 0.15) is 11.4 Å². The second-order valence-electron chi connectivity index (χ2n) is 10.3. The van der Waals surface area contributed by atoms with Crippen molar-refractivity contribution >= 4 is 17.8 Å². The Morgan fingerprint density at radius 2 is 1.97 bits per heavy atom. The van der Waals surface area contributed by atoms with Crippen LogP contribution in [0.5, 0.6) is 0 Å². The van der Waals surface area contributed by atoms with Crippen molar-refractivity contribution in [3.05, 3.63) is 58.6 Å². The van der Waals surface area contributed by atoms with Gasteiger partial charge in [-0.3, -0.25) is 9.36 Å². The molecule has 2 aromatic rings. The van der Waals surface area contributed by atoms with Gasteiger partial charge in [-0.05, 0) is 45.2 Å². The molecule has 0 bridgehead atoms. The predicted molar refractivity (Wildman–Crippen MR) is 140 cm³/mol. The summed E-state index contributed by atoms with van der Waals surface area (Å²) in [6.45, 7) is 8.09. The summed E-state index contributed by atoms with van der Waals surface area (Å²) in [5.74, 6) is -0.413. The van der Waals surface area contributed by atoms with Crippen LogP contribution in [0, 0.1) is 5.92 Å². The Morgan fingerprint density at radius 1 is 1.24 bits per heavy atom. The Hall–Kier alpha value is -3.28. The molecule has 2 heterocycles. The fraction of sp³-hybridized carbons (Fsp3) is 0.556. The van der Waals surface area contributed by atoms with E-state index in [0.717, 1.165) is 12.0 Å². The molecule has 1 fully saturated rings. The molecule has 1 aromatic carbocycles. The van der Waals surface area contributed by atoms with Crippen LogP contribution >= 0.6 is 0 Å². The molecule has 38 heavy (non-hydrogen) atoms. The van der Waals surface area contributed by atoms with Crippen molar-refractivity contribution in [2.75, 3.05) is 25.1 Å². The molecule has 0 saturated carbocycles. The van der Waals surface area contributed by atoms with Crippen molar-refractivity contribution in [2.24, 2.45) is 5.92 Å². The fourth-order valence-corrected chi connectivity index (χ4v) is 3.89. The van der Waals surface area contributed by atoms with Crippen molar-refractivity contribution in [1.82, 2.24) is 14.5 Å². The number of hydrogen-bond acceptors (Lipinski definition) is 8. The normalized spacial score (nSPS) is 18.1. The van der Waals surface area contributed by atoms with Gasteiger partial charge in [0, 0.05) is 25.2 Å². The van der Waals surface area contributed by atoms with E-state index in [1.807, 2.05) is 58.0 Å². The van der Waals surface area contributed by atoms with Crippen LogP contribution in [0.2, 0.25) is 0 Å². The van der Waals surface area contributed by atoms with Crippen molar-refractivity contribution in [2.45, 2.75) is 71.6 Å². The summed E-state index contributed by atoms with van der Waals surface area (Å²) < 4.78 is 17.5. The molecule has 1 aromatic heterocycles. The number of hydrogen-bond donors (Lipinski definition) is 2. The molecular formula is C27H38N4O7. The first kappa shape index (κ1) is 29.3. The van der Waals surface area contributed by atoms with E-state index in [-0.39, 0.29) is 36.9 Å². The van der Waals surface area contributed by atoms with Gasteiger partial charge in [0.25, 0.3) is 0 Å². The maximum absolute atomic E-state index is 12.7. The van der Waals surface area contributed by atoms with E-state index in [0.29, 0.717) is 25.9 Å². The van der Waals surface area contributed by atoms with Crippen LogP contribution in [0.25, 0.3) is 0 Å². The van der Waals surface area contributed by atoms with Crippen molar-refractivity contribution in [3.8, 4) is 0 Å². The molecule has 0 spiro atoms. The molecule has 1 saturated heterocycles. The molecule has 3 rings (SSSR count). The van der Waals surface area contributed by atoms with Gasteiger partial charge in [-0.15, -0.1) is 0 Å². The molecule has 3 unspecified atom stereocenters. The lowest BCUT2D eigenvalue weighted by atomic mass is 10.0. The minimum atomic E-state index is -0.776. The van der Waals surface area contributed by atoms with Crippen molar-refractivity contribution in [3.63, 3.8) is 0 Å². The van der Waals surface area contributed by atoms with Crippen LogP contribution in [-0.4, -0.2) is 63.2 Å². The number of unbranched alkanes of at least 4 members (excludes halogenated alkanes) is 1. The number of nitrogens with zero attached hydrogens (tertiary/aromatic N) is 3. The highest BCUT2D eigenvalue weighted by Crippen LogP contribution is 2.20. The molecular weight excluding hydrogens is 492 g/mol. The van der Waals surface area contributed by atoms with Crippen LogP contribution in [-0.2, 0) is 25.5 Å². The second-order valence-corrected chi connectivity index (χ2v) is 10.3. The van der Waals surface area contributed by atoms with Gasteiger partial charge in [-0.2, -0.15) is 4.98 Å². The van der Waals surface area contributed by atoms with E-state index >= 15 is 0 Å². The maximum Gasteiger partial charge on any atom is 0.410 e. The van der Waals surface area contributed by atoms with Gasteiger partial charge in [0.2, 0.25) is 5.91 Å². The Bertz CT molecular complexity index is 1120. The molecule has 3 atom stereocenters. The Balaban J connectivity index is 1.48. The van der Waals surface area contributed by atoms with E-state index in [4.69, 9.17) is 19.3 Å². The number of benzene rings is 1. The third-order valence-corrected chi connectivity index (χ3v) is 5.90. The molecule has 2 amide bonds. The summed E-state index contributed by atoms with van der Waals surface area (Å²) >= 11 is 0. The second kappa shape index (κ2) is 13.5. The predicted octanol–water partition coefficient (Wildman–Crippen LogP) is 3.29. The summed E-state index contributed by atoms with van der Waals surface area (Å²) in [4.78, 5) is 43.4. The van der Waals surface area contributed by atoms with E-state index in [1.165, 1.54) is 16.8 Å². The van der Waals surface area contributed by atoms with Crippen molar-refractivity contribution < 1.29 is 28.9 Å². The van der Waals surface area contributed by atoms with Gasteiger partial charge < -0.3 is 29.5 Å². The molecule has 208 valence electrons. The van der Waals surface area contributed by atoms with E-state index in [9.17, 15) is 14.4 Å². The van der Waals surface area contributed by atoms with Crippen LogP contribution < -0.4 is 11.0 Å². The highest BCUT2D eigenvalue weighted by Gasteiger charge is 2.28. The number of carbonyl (C=O) groups excluding carboxylic acids is 2. The summed E-state index contributed by atoms with van der Waals surface area (Å²) in [7, 11) is 0. The quantitative estimate of drug-likeness (QED) is 0.423. The Kier molecular flexibility index (Phi) is 10.4. The zero-order chi connectivity index (χ0) is 27.7. The first-order valence-corrected chi connectivity index (χ1v) is 12.9. The van der Waals surface area contributed by atoms with Gasteiger partial charge in [-0.25, -0.2) is 9.59 Å². The third-order valence-electron chi connectivity index (χ3n) is 5.90. The molecule has 2 N–H and O–H groups in total. The van der Waals surface area contributed by atoms with Crippen molar-refractivity contribution in [1.29, 1.82) is 0 Å². The van der Waals surface area contributed by atoms with E-state index in [2.05, 4.69) is 10.3 Å². The molecule has 1 aliphatic rings. The SMILES string of the molecule is CC(CCCCN(Cc1ccccc1)C(=O)OC(C)(C)C)C(=O)Nc1ccn(C2COC(CO)O2)c(=O)n1. The minimum Gasteiger partial charge on any atom is -0.444 e. The highest BCUT2D eigenvalue weighted by molar-refractivity contribution is 5.91. The van der Waals surface area contributed by atoms with Crippen LogP contribution in [0.1, 0.15) is 58.7 Å². The average molecular weight is 531 g/mol. The van der Waals surface area contributed by atoms with E-state index in [1.54, 1.807) is 4.90 Å². The number of aromatic nitrogens is 2. The van der Waals surface area contributed by atoms with Gasteiger partial charge >= 0.3 is 11.8 Å². The molecule has 0 aliphatic carbocycles. The smallest absolute Gasteiger partial charge is 0.410 e. The summed E-state index contributed by atoms with van der Waals surface area (Å²) in [5.41, 5.74) is -0.170. The van der Waals surface area contributed by atoms with E-state index < -0.39 is 23.8 Å². The Labute approximate surface area is 222 Å². The lowest BCUT2D eigenvalue weighted by Crippen LogP contribution is -2.37. The summed E-state index contributed by atoms with van der Waals surface area (Å²) in [6.07, 6.45) is 1.68. The first-order valence-electron chi connectivity index (χ1n) is 12.9. The fourth-order valence-electron chi connectivity index (χ4n) is 3.89. The number of ether oxygens (including phenoxy) is 3.